The molecule has 0 aliphatic heterocycles. The largest absolute Gasteiger partial charge is 0.494 e. The van der Waals surface area contributed by atoms with Gasteiger partial charge in [-0.2, -0.15) is 5.10 Å². The van der Waals surface area contributed by atoms with Crippen LogP contribution in [0.2, 0.25) is 0 Å². The number of hydrogen-bond donors (Lipinski definition) is 2. The lowest BCUT2D eigenvalue weighted by atomic mass is 9.95. The van der Waals surface area contributed by atoms with E-state index in [0.717, 1.165) is 35.1 Å². The Morgan fingerprint density at radius 2 is 1.93 bits per heavy atom. The number of aromatic amines is 1. The highest BCUT2D eigenvalue weighted by Crippen LogP contribution is 2.29. The molecule has 1 aromatic heterocycles. The predicted octanol–water partition coefficient (Wildman–Crippen LogP) is 4.61. The minimum absolute atomic E-state index is 0.234. The summed E-state index contributed by atoms with van der Waals surface area (Å²) >= 11 is 0. The van der Waals surface area contributed by atoms with Crippen molar-refractivity contribution in [3.05, 3.63) is 58.8 Å². The first kappa shape index (κ1) is 20.0. The van der Waals surface area contributed by atoms with E-state index in [1.807, 2.05) is 50.2 Å². The zero-order chi connectivity index (χ0) is 20.9. The molecule has 0 fully saturated rings. The number of amides is 1. The van der Waals surface area contributed by atoms with Gasteiger partial charge < -0.3 is 14.5 Å². The molecular formula is C24H27N3O3. The normalized spacial score (nSPS) is 13.4. The zero-order valence-corrected chi connectivity index (χ0v) is 17.5. The number of ether oxygens (including phenoxy) is 2. The van der Waals surface area contributed by atoms with Crippen molar-refractivity contribution in [2.45, 2.75) is 39.5 Å². The van der Waals surface area contributed by atoms with Crippen LogP contribution >= 0.6 is 0 Å². The first-order valence-electron chi connectivity index (χ1n) is 10.6. The molecule has 0 saturated carbocycles. The summed E-state index contributed by atoms with van der Waals surface area (Å²) in [6, 6.07) is 11.3. The molecule has 1 amide bonds. The minimum Gasteiger partial charge on any atom is -0.494 e. The lowest BCUT2D eigenvalue weighted by Crippen LogP contribution is -2.17. The Bertz CT molecular complexity index is 1080. The molecule has 0 saturated heterocycles. The number of rotatable bonds is 7. The number of nitrogens with one attached hydrogen (secondary N) is 2. The molecule has 6 heteroatoms. The Balaban J connectivity index is 1.50. The van der Waals surface area contributed by atoms with Crippen molar-refractivity contribution in [3.8, 4) is 11.5 Å². The monoisotopic (exact) mass is 405 g/mol. The van der Waals surface area contributed by atoms with E-state index < -0.39 is 0 Å². The van der Waals surface area contributed by atoms with Crippen LogP contribution in [0.3, 0.4) is 0 Å². The molecule has 1 aliphatic carbocycles. The number of hydrogen-bond acceptors (Lipinski definition) is 4. The molecule has 0 bridgehead atoms. The number of hydrazone groups is 1. The summed E-state index contributed by atoms with van der Waals surface area (Å²) in [5.74, 6) is 1.18. The highest BCUT2D eigenvalue weighted by atomic mass is 16.5. The first-order valence-corrected chi connectivity index (χ1v) is 10.6. The molecule has 0 unspecified atom stereocenters. The smallest absolute Gasteiger partial charge is 0.271 e. The van der Waals surface area contributed by atoms with Gasteiger partial charge in [-0.3, -0.25) is 4.79 Å². The van der Waals surface area contributed by atoms with Crippen LogP contribution in [0.4, 0.5) is 0 Å². The lowest BCUT2D eigenvalue weighted by Gasteiger charge is -2.10. The van der Waals surface area contributed by atoms with Crippen LogP contribution in [0.25, 0.3) is 10.9 Å². The molecule has 0 atom stereocenters. The molecule has 0 spiro atoms. The van der Waals surface area contributed by atoms with Crippen molar-refractivity contribution in [2.75, 3.05) is 13.2 Å². The van der Waals surface area contributed by atoms with Gasteiger partial charge in [0.2, 0.25) is 0 Å². The fourth-order valence-electron chi connectivity index (χ4n) is 3.93. The molecule has 2 N–H and O–H groups in total. The third-order valence-corrected chi connectivity index (χ3v) is 5.33. The summed E-state index contributed by atoms with van der Waals surface area (Å²) in [6.45, 7) is 4.98. The van der Waals surface area contributed by atoms with Crippen molar-refractivity contribution < 1.29 is 14.3 Å². The molecule has 156 valence electrons. The van der Waals surface area contributed by atoms with Gasteiger partial charge in [-0.1, -0.05) is 0 Å². The topological polar surface area (TPSA) is 75.7 Å². The lowest BCUT2D eigenvalue weighted by molar-refractivity contribution is 0.0955. The van der Waals surface area contributed by atoms with Gasteiger partial charge in [-0.05, 0) is 75.4 Å². The van der Waals surface area contributed by atoms with E-state index in [9.17, 15) is 4.79 Å². The Labute approximate surface area is 176 Å². The second-order valence-corrected chi connectivity index (χ2v) is 7.31. The SMILES string of the molecule is CCOc1ccc(/C=N\NC(=O)c2ccc3[nH]c4c(c3c2)CCCC4)c(OCC)c1. The molecule has 4 rings (SSSR count). The average Bonchev–Trinajstić information content (AvgIpc) is 3.13. The Morgan fingerprint density at radius 3 is 2.77 bits per heavy atom. The van der Waals surface area contributed by atoms with Crippen LogP contribution in [-0.4, -0.2) is 30.3 Å². The number of carbonyl (C=O) groups is 1. The van der Waals surface area contributed by atoms with Crippen molar-refractivity contribution in [1.29, 1.82) is 0 Å². The number of nitrogens with zero attached hydrogens (tertiary/aromatic N) is 1. The maximum absolute atomic E-state index is 12.6. The summed E-state index contributed by atoms with van der Waals surface area (Å²) in [7, 11) is 0. The maximum Gasteiger partial charge on any atom is 0.271 e. The third kappa shape index (κ3) is 4.17. The van der Waals surface area contributed by atoms with Gasteiger partial charge in [-0.15, -0.1) is 0 Å². The number of carbonyl (C=O) groups excluding carboxylic acids is 1. The van der Waals surface area contributed by atoms with E-state index in [-0.39, 0.29) is 5.91 Å². The quantitative estimate of drug-likeness (QED) is 0.445. The molecule has 1 heterocycles. The Morgan fingerprint density at radius 1 is 1.10 bits per heavy atom. The second kappa shape index (κ2) is 9.03. The van der Waals surface area contributed by atoms with Gasteiger partial charge in [0.1, 0.15) is 11.5 Å². The minimum atomic E-state index is -0.234. The molecule has 2 aromatic carbocycles. The molecule has 1 aliphatic rings. The van der Waals surface area contributed by atoms with E-state index in [1.165, 1.54) is 24.1 Å². The maximum atomic E-state index is 12.6. The summed E-state index contributed by atoms with van der Waals surface area (Å²) < 4.78 is 11.2. The van der Waals surface area contributed by atoms with Crippen LogP contribution in [0.5, 0.6) is 11.5 Å². The van der Waals surface area contributed by atoms with Crippen LogP contribution in [0, 0.1) is 0 Å². The van der Waals surface area contributed by atoms with Crippen LogP contribution in [-0.2, 0) is 12.8 Å². The van der Waals surface area contributed by atoms with Crippen LogP contribution in [0.1, 0.15) is 53.9 Å². The van der Waals surface area contributed by atoms with Gasteiger partial charge in [0.25, 0.3) is 5.91 Å². The van der Waals surface area contributed by atoms with Gasteiger partial charge >= 0.3 is 0 Å². The van der Waals surface area contributed by atoms with Gasteiger partial charge in [0.15, 0.2) is 0 Å². The summed E-state index contributed by atoms with van der Waals surface area (Å²) in [4.78, 5) is 16.1. The Kier molecular flexibility index (Phi) is 6.02. The van der Waals surface area contributed by atoms with Crippen molar-refractivity contribution >= 4 is 23.0 Å². The fourth-order valence-corrected chi connectivity index (χ4v) is 3.93. The Hall–Kier alpha value is -3.28. The molecular weight excluding hydrogens is 378 g/mol. The van der Waals surface area contributed by atoms with E-state index >= 15 is 0 Å². The number of H-pyrrole nitrogens is 1. The van der Waals surface area contributed by atoms with Crippen molar-refractivity contribution in [2.24, 2.45) is 5.10 Å². The summed E-state index contributed by atoms with van der Waals surface area (Å²) in [5, 5.41) is 5.28. The van der Waals surface area contributed by atoms with Gasteiger partial charge in [0, 0.05) is 33.8 Å². The highest BCUT2D eigenvalue weighted by molar-refractivity contribution is 5.99. The molecule has 6 nitrogen and oxygen atoms in total. The summed E-state index contributed by atoms with van der Waals surface area (Å²) in [6.07, 6.45) is 6.16. The number of benzene rings is 2. The van der Waals surface area contributed by atoms with Crippen LogP contribution < -0.4 is 14.9 Å². The number of aromatic nitrogens is 1. The van der Waals surface area contributed by atoms with Crippen LogP contribution in [0.15, 0.2) is 41.5 Å². The molecule has 30 heavy (non-hydrogen) atoms. The second-order valence-electron chi connectivity index (χ2n) is 7.31. The average molecular weight is 405 g/mol. The molecule has 0 radical (unpaired) electrons. The standard InChI is InChI=1S/C24H27N3O3/c1-3-29-18-11-9-17(23(14-18)30-4-2)15-25-27-24(28)16-10-12-22-20(13-16)19-7-5-6-8-21(19)26-22/h9-15,26H,3-8H2,1-2H3,(H,27,28)/b25-15-. The predicted molar refractivity (Wildman–Crippen MR) is 119 cm³/mol. The van der Waals surface area contributed by atoms with Gasteiger partial charge in [0.05, 0.1) is 19.4 Å². The third-order valence-electron chi connectivity index (χ3n) is 5.33. The highest BCUT2D eigenvalue weighted by Gasteiger charge is 2.16. The van der Waals surface area contributed by atoms with E-state index in [0.29, 0.717) is 24.5 Å². The fraction of sp³-hybridized carbons (Fsp3) is 0.333. The molecule has 3 aromatic rings. The number of aryl methyl sites for hydroxylation is 2. The first-order chi connectivity index (χ1) is 14.7. The van der Waals surface area contributed by atoms with E-state index in [1.54, 1.807) is 6.21 Å². The van der Waals surface area contributed by atoms with Crippen molar-refractivity contribution in [1.82, 2.24) is 10.4 Å². The van der Waals surface area contributed by atoms with E-state index in [2.05, 4.69) is 15.5 Å². The zero-order valence-electron chi connectivity index (χ0n) is 17.5. The van der Waals surface area contributed by atoms with E-state index in [4.69, 9.17) is 9.47 Å². The van der Waals surface area contributed by atoms with Crippen molar-refractivity contribution in [3.63, 3.8) is 0 Å². The summed E-state index contributed by atoms with van der Waals surface area (Å²) in [5.41, 5.74) is 7.76. The van der Waals surface area contributed by atoms with Gasteiger partial charge in [-0.25, -0.2) is 5.43 Å². The number of fused-ring (bicyclic) bond motifs is 3.